The molecule has 0 fully saturated rings. The molecule has 11 nitrogen and oxygen atoms in total. The molecular weight excluding hydrogens is 856 g/mol. The van der Waals surface area contributed by atoms with Gasteiger partial charge in [0.1, 0.15) is 12.7 Å². The second-order valence-electron chi connectivity index (χ2n) is 18.0. The largest absolute Gasteiger partial charge is 0.472 e. The van der Waals surface area contributed by atoms with Gasteiger partial charge in [-0.2, -0.15) is 0 Å². The van der Waals surface area contributed by atoms with Crippen molar-refractivity contribution in [2.75, 3.05) is 26.4 Å². The van der Waals surface area contributed by atoms with E-state index >= 15 is 0 Å². The first-order chi connectivity index (χ1) is 32.2. The van der Waals surface area contributed by atoms with Crippen LogP contribution in [0.3, 0.4) is 0 Å². The van der Waals surface area contributed by atoms with Crippen molar-refractivity contribution in [1.29, 1.82) is 0 Å². The fraction of sp³-hybridized carbons (Fsp3) is 0.833. The zero-order valence-corrected chi connectivity index (χ0v) is 43.3. The number of phosphoric acid groups is 1. The van der Waals surface area contributed by atoms with Gasteiger partial charge in [-0.1, -0.05) is 218 Å². The summed E-state index contributed by atoms with van der Waals surface area (Å²) in [5.74, 6) is -1.48. The Kier molecular flexibility index (Phi) is 47.4. The topological polar surface area (TPSA) is 155 Å². The highest BCUT2D eigenvalue weighted by Gasteiger charge is 2.28. The number of hydrogen-bond donors (Lipinski definition) is 2. The van der Waals surface area contributed by atoms with E-state index in [0.29, 0.717) is 19.3 Å². The molecule has 12 heteroatoms. The van der Waals surface area contributed by atoms with Gasteiger partial charge in [0, 0.05) is 19.3 Å². The molecule has 0 rings (SSSR count). The summed E-state index contributed by atoms with van der Waals surface area (Å²) < 4.78 is 39.3. The van der Waals surface area contributed by atoms with Crippen molar-refractivity contribution in [1.82, 2.24) is 0 Å². The van der Waals surface area contributed by atoms with Gasteiger partial charge in [-0.25, -0.2) is 4.57 Å². The lowest BCUT2D eigenvalue weighted by molar-refractivity contribution is -0.161. The molecule has 0 amide bonds. The average Bonchev–Trinajstić information content (AvgIpc) is 3.30. The van der Waals surface area contributed by atoms with Crippen molar-refractivity contribution in [3.8, 4) is 0 Å². The first-order valence-corrected chi connectivity index (χ1v) is 28.4. The molecule has 0 saturated carbocycles. The molecular formula is C54H99O11P. The third kappa shape index (κ3) is 46.8. The smallest absolute Gasteiger partial charge is 0.462 e. The fourth-order valence-corrected chi connectivity index (χ4v) is 8.27. The number of rotatable bonds is 50. The molecule has 0 radical (unpaired) electrons. The normalized spacial score (nSPS) is 13.7. The van der Waals surface area contributed by atoms with Crippen LogP contribution in [0.2, 0.25) is 0 Å². The molecule has 0 aromatic carbocycles. The maximum atomic E-state index is 12.8. The van der Waals surface area contributed by atoms with Gasteiger partial charge in [0.15, 0.2) is 6.10 Å². The van der Waals surface area contributed by atoms with E-state index in [1.165, 1.54) is 116 Å². The maximum absolute atomic E-state index is 12.8. The number of aliphatic hydroxyl groups excluding tert-OH is 1. The SMILES string of the molecule is CC/C=C\C/C=C\C/C=C\CCCCCC(=O)OC(COC(=O)CCCCCCCCCCCCCCCCC)COP(=O)(O)OCC(CO)OC(=O)CCCCCCCCCCCCC. The molecule has 0 aliphatic rings. The summed E-state index contributed by atoms with van der Waals surface area (Å²) in [5.41, 5.74) is 0. The van der Waals surface area contributed by atoms with Crippen LogP contribution in [0.5, 0.6) is 0 Å². The zero-order chi connectivity index (χ0) is 48.4. The van der Waals surface area contributed by atoms with Crippen LogP contribution in [-0.2, 0) is 42.2 Å². The van der Waals surface area contributed by atoms with Crippen LogP contribution in [-0.4, -0.2) is 66.5 Å². The van der Waals surface area contributed by atoms with Crippen LogP contribution in [0.15, 0.2) is 36.5 Å². The summed E-state index contributed by atoms with van der Waals surface area (Å²) in [4.78, 5) is 48.3. The minimum atomic E-state index is -4.74. The maximum Gasteiger partial charge on any atom is 0.472 e. The van der Waals surface area contributed by atoms with Crippen LogP contribution in [0.25, 0.3) is 0 Å². The Morgan fingerprint density at radius 1 is 0.439 bits per heavy atom. The number of hydrogen-bond acceptors (Lipinski definition) is 10. The van der Waals surface area contributed by atoms with Crippen LogP contribution >= 0.6 is 7.82 Å². The van der Waals surface area contributed by atoms with Gasteiger partial charge in [-0.15, -0.1) is 0 Å². The van der Waals surface area contributed by atoms with Crippen LogP contribution < -0.4 is 0 Å². The number of phosphoric ester groups is 1. The first-order valence-electron chi connectivity index (χ1n) is 26.9. The lowest BCUT2D eigenvalue weighted by Gasteiger charge is -2.21. The molecule has 0 aliphatic carbocycles. The van der Waals surface area contributed by atoms with E-state index in [9.17, 15) is 28.9 Å². The van der Waals surface area contributed by atoms with Crippen molar-refractivity contribution < 1.29 is 52.2 Å². The number of carbonyl (C=O) groups is 3. The zero-order valence-electron chi connectivity index (χ0n) is 42.4. The van der Waals surface area contributed by atoms with Gasteiger partial charge in [0.2, 0.25) is 0 Å². The van der Waals surface area contributed by atoms with Crippen molar-refractivity contribution in [3.63, 3.8) is 0 Å². The van der Waals surface area contributed by atoms with Crippen molar-refractivity contribution in [3.05, 3.63) is 36.5 Å². The van der Waals surface area contributed by atoms with Gasteiger partial charge in [0.05, 0.1) is 19.8 Å². The van der Waals surface area contributed by atoms with Gasteiger partial charge in [0.25, 0.3) is 0 Å². The molecule has 3 unspecified atom stereocenters. The minimum absolute atomic E-state index is 0.136. The van der Waals surface area contributed by atoms with E-state index in [4.69, 9.17) is 23.3 Å². The Balaban J connectivity index is 4.74. The summed E-state index contributed by atoms with van der Waals surface area (Å²) in [6, 6.07) is 0. The highest BCUT2D eigenvalue weighted by Crippen LogP contribution is 2.43. The number of allylic oxidation sites excluding steroid dienone is 6. The number of unbranched alkanes of at least 4 members (excludes halogenated alkanes) is 27. The van der Waals surface area contributed by atoms with E-state index < -0.39 is 57.8 Å². The second-order valence-corrected chi connectivity index (χ2v) is 19.5. The average molecular weight is 955 g/mol. The van der Waals surface area contributed by atoms with E-state index in [2.05, 4.69) is 57.2 Å². The molecule has 0 aromatic heterocycles. The van der Waals surface area contributed by atoms with E-state index in [0.717, 1.165) is 77.0 Å². The standard InChI is InChI=1S/C54H99O11P/c1-4-7-10-13-16-19-22-24-25-27-29-31-34-37-40-43-52(56)61-47-51(65-54(58)45-42-39-36-33-30-26-23-20-17-14-11-8-5-2)49-63-66(59,60)62-48-50(46-55)64-53(57)44-41-38-35-32-28-21-18-15-12-9-6-3/h8,11,17,20,26,30,50-51,55H,4-7,9-10,12-16,18-19,21-25,27-29,31-49H2,1-3H3,(H,59,60)/b11-8-,20-17-,30-26-. The van der Waals surface area contributed by atoms with E-state index in [1.807, 2.05) is 0 Å². The van der Waals surface area contributed by atoms with Crippen molar-refractivity contribution in [2.45, 2.75) is 264 Å². The summed E-state index contributed by atoms with van der Waals surface area (Å²) in [6.45, 7) is 4.50. The Bertz CT molecular complexity index is 1250. The fourth-order valence-electron chi connectivity index (χ4n) is 7.49. The van der Waals surface area contributed by atoms with Crippen molar-refractivity contribution >= 4 is 25.7 Å². The summed E-state index contributed by atoms with van der Waals surface area (Å²) in [6.07, 6.45) is 48.3. The predicted octanol–water partition coefficient (Wildman–Crippen LogP) is 15.3. The first kappa shape index (κ1) is 63.7. The molecule has 0 aliphatic heterocycles. The summed E-state index contributed by atoms with van der Waals surface area (Å²) in [7, 11) is -4.74. The lowest BCUT2D eigenvalue weighted by atomic mass is 10.0. The van der Waals surface area contributed by atoms with Crippen LogP contribution in [0.4, 0.5) is 0 Å². The minimum Gasteiger partial charge on any atom is -0.462 e. The number of esters is 3. The Labute approximate surface area is 403 Å². The summed E-state index contributed by atoms with van der Waals surface area (Å²) in [5, 5.41) is 9.76. The van der Waals surface area contributed by atoms with Gasteiger partial charge < -0.3 is 24.2 Å². The number of ether oxygens (including phenoxy) is 3. The molecule has 0 spiro atoms. The highest BCUT2D eigenvalue weighted by molar-refractivity contribution is 7.47. The molecule has 0 heterocycles. The lowest BCUT2D eigenvalue weighted by Crippen LogP contribution is -2.30. The van der Waals surface area contributed by atoms with Crippen LogP contribution in [0.1, 0.15) is 252 Å². The van der Waals surface area contributed by atoms with E-state index in [-0.39, 0.29) is 25.9 Å². The quantitative estimate of drug-likeness (QED) is 0.0197. The number of aliphatic hydroxyl groups is 1. The number of carbonyl (C=O) groups excluding carboxylic acids is 3. The Morgan fingerprint density at radius 2 is 0.788 bits per heavy atom. The molecule has 0 aromatic rings. The Hall–Kier alpha value is -2.30. The van der Waals surface area contributed by atoms with Crippen molar-refractivity contribution in [2.24, 2.45) is 0 Å². The molecule has 2 N–H and O–H groups in total. The van der Waals surface area contributed by atoms with E-state index in [1.54, 1.807) is 0 Å². The molecule has 0 bridgehead atoms. The highest BCUT2D eigenvalue weighted by atomic mass is 31.2. The molecule has 0 saturated heterocycles. The van der Waals surface area contributed by atoms with Gasteiger partial charge >= 0.3 is 25.7 Å². The van der Waals surface area contributed by atoms with Gasteiger partial charge in [-0.3, -0.25) is 23.4 Å². The third-order valence-electron chi connectivity index (χ3n) is 11.6. The second kappa shape index (κ2) is 49.1. The van der Waals surface area contributed by atoms with Crippen LogP contribution in [0, 0.1) is 0 Å². The monoisotopic (exact) mass is 955 g/mol. The molecule has 3 atom stereocenters. The van der Waals surface area contributed by atoms with Gasteiger partial charge in [-0.05, 0) is 51.4 Å². The summed E-state index contributed by atoms with van der Waals surface area (Å²) >= 11 is 0. The third-order valence-corrected chi connectivity index (χ3v) is 12.5. The molecule has 386 valence electrons. The molecule has 66 heavy (non-hydrogen) atoms. The Morgan fingerprint density at radius 3 is 1.21 bits per heavy atom. The predicted molar refractivity (Wildman–Crippen MR) is 270 cm³/mol.